The number of aromatic nitrogens is 2. The van der Waals surface area contributed by atoms with Crippen LogP contribution in [0.25, 0.3) is 10.9 Å². The van der Waals surface area contributed by atoms with Gasteiger partial charge in [-0.2, -0.15) is 0 Å². The third-order valence-corrected chi connectivity index (χ3v) is 3.34. The predicted octanol–water partition coefficient (Wildman–Crippen LogP) is 3.12. The molecule has 0 aliphatic rings. The minimum atomic E-state index is -0.136. The summed E-state index contributed by atoms with van der Waals surface area (Å²) in [4.78, 5) is 20.8. The van der Waals surface area contributed by atoms with Gasteiger partial charge in [0.1, 0.15) is 0 Å². The zero-order valence-electron chi connectivity index (χ0n) is 11.7. The molecule has 4 nitrogen and oxygen atoms in total. The van der Waals surface area contributed by atoms with E-state index >= 15 is 0 Å². The number of nitrogens with one attached hydrogen (secondary N) is 1. The maximum atomic E-state index is 12.3. The minimum Gasteiger partial charge on any atom is -0.344 e. The highest BCUT2D eigenvalue weighted by Gasteiger charge is 2.12. The summed E-state index contributed by atoms with van der Waals surface area (Å²) in [6.07, 6.45) is 3.46. The van der Waals surface area contributed by atoms with E-state index in [4.69, 9.17) is 0 Å². The van der Waals surface area contributed by atoms with Gasteiger partial charge in [-0.3, -0.25) is 14.8 Å². The number of fused-ring (bicyclic) bond motifs is 1. The van der Waals surface area contributed by atoms with Crippen LogP contribution in [0.4, 0.5) is 0 Å². The molecule has 2 heterocycles. The van der Waals surface area contributed by atoms with E-state index in [1.165, 1.54) is 0 Å². The summed E-state index contributed by atoms with van der Waals surface area (Å²) >= 11 is 0. The Labute approximate surface area is 122 Å². The third-order valence-electron chi connectivity index (χ3n) is 3.34. The second kappa shape index (κ2) is 5.71. The lowest BCUT2D eigenvalue weighted by molar-refractivity contribution is 0.0939. The first-order chi connectivity index (χ1) is 10.2. The number of rotatable bonds is 3. The van der Waals surface area contributed by atoms with Crippen LogP contribution in [0.5, 0.6) is 0 Å². The topological polar surface area (TPSA) is 54.9 Å². The van der Waals surface area contributed by atoms with Gasteiger partial charge in [-0.15, -0.1) is 0 Å². The van der Waals surface area contributed by atoms with E-state index in [0.29, 0.717) is 5.56 Å². The Balaban J connectivity index is 1.80. The average Bonchev–Trinajstić information content (AvgIpc) is 2.55. The monoisotopic (exact) mass is 277 g/mol. The summed E-state index contributed by atoms with van der Waals surface area (Å²) in [5, 5.41) is 3.91. The first-order valence-corrected chi connectivity index (χ1v) is 6.80. The smallest absolute Gasteiger partial charge is 0.251 e. The summed E-state index contributed by atoms with van der Waals surface area (Å²) in [5.74, 6) is -0.112. The number of pyridine rings is 2. The molecule has 0 aliphatic heterocycles. The van der Waals surface area contributed by atoms with Gasteiger partial charge in [0.15, 0.2) is 0 Å². The predicted molar refractivity (Wildman–Crippen MR) is 81.9 cm³/mol. The Morgan fingerprint density at radius 3 is 2.71 bits per heavy atom. The lowest BCUT2D eigenvalue weighted by Crippen LogP contribution is -2.27. The fourth-order valence-electron chi connectivity index (χ4n) is 2.20. The van der Waals surface area contributed by atoms with E-state index in [0.717, 1.165) is 16.6 Å². The molecule has 1 atom stereocenters. The maximum absolute atomic E-state index is 12.3. The van der Waals surface area contributed by atoms with Crippen LogP contribution in [0.15, 0.2) is 60.9 Å². The fraction of sp³-hybridized carbons (Fsp3) is 0.118. The summed E-state index contributed by atoms with van der Waals surface area (Å²) in [7, 11) is 0. The average molecular weight is 277 g/mol. The highest BCUT2D eigenvalue weighted by atomic mass is 16.1. The van der Waals surface area contributed by atoms with E-state index < -0.39 is 0 Å². The van der Waals surface area contributed by atoms with Crippen LogP contribution in [0.3, 0.4) is 0 Å². The van der Waals surface area contributed by atoms with Crippen molar-refractivity contribution in [3.05, 3.63) is 72.2 Å². The number of nitrogens with zero attached hydrogens (tertiary/aromatic N) is 2. The molecule has 0 saturated carbocycles. The summed E-state index contributed by atoms with van der Waals surface area (Å²) in [6.45, 7) is 1.92. The minimum absolute atomic E-state index is 0.112. The van der Waals surface area contributed by atoms with E-state index in [1.807, 2.05) is 49.4 Å². The van der Waals surface area contributed by atoms with Gasteiger partial charge in [-0.1, -0.05) is 12.1 Å². The van der Waals surface area contributed by atoms with Crippen molar-refractivity contribution in [2.45, 2.75) is 13.0 Å². The summed E-state index contributed by atoms with van der Waals surface area (Å²) in [6, 6.07) is 14.8. The fourth-order valence-corrected chi connectivity index (χ4v) is 2.20. The number of benzene rings is 1. The Hall–Kier alpha value is -2.75. The molecule has 3 rings (SSSR count). The lowest BCUT2D eigenvalue weighted by atomic mass is 10.1. The molecule has 104 valence electrons. The van der Waals surface area contributed by atoms with Gasteiger partial charge in [0.25, 0.3) is 5.91 Å². The van der Waals surface area contributed by atoms with Gasteiger partial charge in [0.05, 0.1) is 17.3 Å². The van der Waals surface area contributed by atoms with Crippen molar-refractivity contribution in [3.8, 4) is 0 Å². The molecule has 1 aromatic carbocycles. The Kier molecular flexibility index (Phi) is 3.60. The highest BCUT2D eigenvalue weighted by molar-refractivity contribution is 5.98. The van der Waals surface area contributed by atoms with Crippen molar-refractivity contribution in [2.24, 2.45) is 0 Å². The van der Waals surface area contributed by atoms with Gasteiger partial charge >= 0.3 is 0 Å². The molecule has 1 N–H and O–H groups in total. The van der Waals surface area contributed by atoms with Crippen LogP contribution in [0, 0.1) is 0 Å². The van der Waals surface area contributed by atoms with E-state index in [9.17, 15) is 4.79 Å². The third kappa shape index (κ3) is 2.89. The molecule has 0 spiro atoms. The van der Waals surface area contributed by atoms with Gasteiger partial charge in [-0.05, 0) is 43.3 Å². The van der Waals surface area contributed by atoms with Gasteiger partial charge in [0, 0.05) is 23.3 Å². The molecule has 2 aromatic heterocycles. The second-order valence-electron chi connectivity index (χ2n) is 4.86. The van der Waals surface area contributed by atoms with Crippen molar-refractivity contribution in [2.75, 3.05) is 0 Å². The second-order valence-corrected chi connectivity index (χ2v) is 4.86. The molecule has 0 aliphatic carbocycles. The van der Waals surface area contributed by atoms with Crippen LogP contribution in [0.2, 0.25) is 0 Å². The first-order valence-electron chi connectivity index (χ1n) is 6.80. The summed E-state index contributed by atoms with van der Waals surface area (Å²) < 4.78 is 0. The molecule has 4 heteroatoms. The van der Waals surface area contributed by atoms with Gasteiger partial charge < -0.3 is 5.32 Å². The number of hydrogen-bond donors (Lipinski definition) is 1. The number of carbonyl (C=O) groups is 1. The van der Waals surface area contributed by atoms with Crippen molar-refractivity contribution in [1.82, 2.24) is 15.3 Å². The molecule has 3 aromatic rings. The van der Waals surface area contributed by atoms with Gasteiger partial charge in [-0.25, -0.2) is 0 Å². The molecule has 0 fully saturated rings. The zero-order valence-corrected chi connectivity index (χ0v) is 11.7. The van der Waals surface area contributed by atoms with Crippen LogP contribution >= 0.6 is 0 Å². The number of carbonyl (C=O) groups excluding carboxylic acids is 1. The Morgan fingerprint density at radius 1 is 1.05 bits per heavy atom. The number of hydrogen-bond acceptors (Lipinski definition) is 3. The van der Waals surface area contributed by atoms with E-state index in [-0.39, 0.29) is 11.9 Å². The van der Waals surface area contributed by atoms with Crippen molar-refractivity contribution < 1.29 is 4.79 Å². The quantitative estimate of drug-likeness (QED) is 0.800. The van der Waals surface area contributed by atoms with Crippen LogP contribution < -0.4 is 5.32 Å². The molecule has 0 saturated heterocycles. The van der Waals surface area contributed by atoms with Gasteiger partial charge in [0.2, 0.25) is 0 Å². The zero-order chi connectivity index (χ0) is 14.7. The number of amides is 1. The molecule has 0 bridgehead atoms. The highest BCUT2D eigenvalue weighted by Crippen LogP contribution is 2.15. The van der Waals surface area contributed by atoms with E-state index in [2.05, 4.69) is 15.3 Å². The first kappa shape index (κ1) is 13.2. The van der Waals surface area contributed by atoms with Crippen LogP contribution in [0.1, 0.15) is 29.0 Å². The van der Waals surface area contributed by atoms with E-state index in [1.54, 1.807) is 18.5 Å². The van der Waals surface area contributed by atoms with Crippen molar-refractivity contribution >= 4 is 16.8 Å². The Morgan fingerprint density at radius 2 is 1.90 bits per heavy atom. The Bertz CT molecular complexity index is 771. The maximum Gasteiger partial charge on any atom is 0.251 e. The van der Waals surface area contributed by atoms with Crippen LogP contribution in [-0.2, 0) is 0 Å². The normalized spacial score (nSPS) is 12.0. The molecular weight excluding hydrogens is 262 g/mol. The van der Waals surface area contributed by atoms with Crippen molar-refractivity contribution in [3.63, 3.8) is 0 Å². The van der Waals surface area contributed by atoms with Crippen molar-refractivity contribution in [1.29, 1.82) is 0 Å². The molecule has 0 radical (unpaired) electrons. The molecule has 0 unspecified atom stereocenters. The summed E-state index contributed by atoms with van der Waals surface area (Å²) in [5.41, 5.74) is 2.35. The molecular formula is C17H15N3O. The van der Waals surface area contributed by atoms with Crippen LogP contribution in [-0.4, -0.2) is 15.9 Å². The standard InChI is InChI=1S/C17H15N3O/c1-12(15-6-2-3-9-18-15)20-17(21)14-7-8-16-13(11-14)5-4-10-19-16/h2-12H,1H3,(H,20,21)/t12-/m0/s1. The molecule has 1 amide bonds. The largest absolute Gasteiger partial charge is 0.344 e. The lowest BCUT2D eigenvalue weighted by Gasteiger charge is -2.13. The molecule has 21 heavy (non-hydrogen) atoms. The SMILES string of the molecule is C[C@H](NC(=O)c1ccc2ncccc2c1)c1ccccn1.